The topological polar surface area (TPSA) is 82.5 Å². The van der Waals surface area contributed by atoms with Crippen molar-refractivity contribution < 1.29 is 14.7 Å². The molecule has 0 spiro atoms. The van der Waals surface area contributed by atoms with E-state index in [1.165, 1.54) is 0 Å². The number of anilines is 1. The molecular formula is C15H21N3O3. The van der Waals surface area contributed by atoms with E-state index in [4.69, 9.17) is 5.11 Å². The molecule has 1 fully saturated rings. The Bertz CT molecular complexity index is 559. The van der Waals surface area contributed by atoms with Crippen LogP contribution in [0.1, 0.15) is 31.2 Å². The molecule has 6 nitrogen and oxygen atoms in total. The predicted molar refractivity (Wildman–Crippen MR) is 79.3 cm³/mol. The Labute approximate surface area is 124 Å². The van der Waals surface area contributed by atoms with Crippen LogP contribution in [0.2, 0.25) is 0 Å². The molecule has 6 heteroatoms. The van der Waals surface area contributed by atoms with Crippen LogP contribution in [0.25, 0.3) is 0 Å². The van der Waals surface area contributed by atoms with Crippen molar-refractivity contribution in [1.29, 1.82) is 0 Å². The average Bonchev–Trinajstić information content (AvgIpc) is 2.41. The number of hydrogen-bond acceptors (Lipinski definition) is 3. The molecule has 0 aromatic carbocycles. The highest BCUT2D eigenvalue weighted by Crippen LogP contribution is 2.24. The molecule has 1 aliphatic rings. The first-order chi connectivity index (χ1) is 9.88. The van der Waals surface area contributed by atoms with Crippen LogP contribution in [0.15, 0.2) is 12.1 Å². The van der Waals surface area contributed by atoms with Gasteiger partial charge in [-0.3, -0.25) is 9.78 Å². The third kappa shape index (κ3) is 3.51. The molecule has 114 valence electrons. The molecule has 21 heavy (non-hydrogen) atoms. The summed E-state index contributed by atoms with van der Waals surface area (Å²) in [7, 11) is 0. The van der Waals surface area contributed by atoms with E-state index >= 15 is 0 Å². The van der Waals surface area contributed by atoms with Crippen LogP contribution < -0.4 is 5.32 Å². The lowest BCUT2D eigenvalue weighted by molar-refractivity contribution is -0.143. The van der Waals surface area contributed by atoms with Crippen molar-refractivity contribution >= 4 is 17.7 Å². The molecular weight excluding hydrogens is 270 g/mol. The molecule has 1 aromatic rings. The Morgan fingerprint density at radius 1 is 1.38 bits per heavy atom. The van der Waals surface area contributed by atoms with Crippen LogP contribution in [0.3, 0.4) is 0 Å². The number of amides is 2. The normalized spacial score (nSPS) is 22.0. The monoisotopic (exact) mass is 291 g/mol. The highest BCUT2D eigenvalue weighted by molar-refractivity contribution is 5.90. The van der Waals surface area contributed by atoms with Crippen molar-refractivity contribution in [2.24, 2.45) is 5.92 Å². The van der Waals surface area contributed by atoms with Gasteiger partial charge in [0.1, 0.15) is 0 Å². The van der Waals surface area contributed by atoms with Gasteiger partial charge < -0.3 is 15.3 Å². The number of hydrogen-bond donors (Lipinski definition) is 2. The number of nitrogens with zero attached hydrogens (tertiary/aromatic N) is 2. The van der Waals surface area contributed by atoms with Crippen molar-refractivity contribution in [3.63, 3.8) is 0 Å². The summed E-state index contributed by atoms with van der Waals surface area (Å²) in [5, 5.41) is 11.9. The number of carboxylic acid groups (broad SMARTS) is 1. The van der Waals surface area contributed by atoms with Crippen LogP contribution in [-0.4, -0.2) is 39.6 Å². The maximum absolute atomic E-state index is 12.3. The van der Waals surface area contributed by atoms with Crippen molar-refractivity contribution in [1.82, 2.24) is 9.88 Å². The molecule has 2 heterocycles. The summed E-state index contributed by atoms with van der Waals surface area (Å²) in [4.78, 5) is 29.4. The number of aromatic nitrogens is 1. The van der Waals surface area contributed by atoms with E-state index in [0.29, 0.717) is 25.1 Å². The lowest BCUT2D eigenvalue weighted by Gasteiger charge is -2.36. The molecule has 0 saturated carbocycles. The van der Waals surface area contributed by atoms with E-state index in [1.54, 1.807) is 4.90 Å². The van der Waals surface area contributed by atoms with Gasteiger partial charge in [0.15, 0.2) is 0 Å². The summed E-state index contributed by atoms with van der Waals surface area (Å²) >= 11 is 0. The van der Waals surface area contributed by atoms with Gasteiger partial charge in [-0.1, -0.05) is 0 Å². The highest BCUT2D eigenvalue weighted by atomic mass is 16.4. The minimum absolute atomic E-state index is 0.0847. The number of pyridine rings is 1. The van der Waals surface area contributed by atoms with Crippen molar-refractivity contribution in [2.45, 2.75) is 39.7 Å². The number of carbonyl (C=O) groups excluding carboxylic acids is 1. The van der Waals surface area contributed by atoms with Crippen LogP contribution in [0.5, 0.6) is 0 Å². The Balaban J connectivity index is 2.02. The maximum Gasteiger partial charge on any atom is 0.322 e. The number of carbonyl (C=O) groups is 2. The maximum atomic E-state index is 12.3. The van der Waals surface area contributed by atoms with Crippen LogP contribution in [0.4, 0.5) is 10.5 Å². The Hall–Kier alpha value is -2.11. The average molecular weight is 291 g/mol. The third-order valence-electron chi connectivity index (χ3n) is 3.95. The fourth-order valence-electron chi connectivity index (χ4n) is 2.70. The summed E-state index contributed by atoms with van der Waals surface area (Å²) in [6, 6.07) is 3.41. The Kier molecular flexibility index (Phi) is 4.45. The fraction of sp³-hybridized carbons (Fsp3) is 0.533. The zero-order valence-corrected chi connectivity index (χ0v) is 12.6. The number of likely N-dealkylation sites (tertiary alicyclic amines) is 1. The summed E-state index contributed by atoms with van der Waals surface area (Å²) in [5.74, 6) is -1.13. The SMILES string of the molecule is Cc1ccc(NC(=O)N2CCC(C(=O)O)CC2C)c(C)n1. The molecule has 1 aliphatic heterocycles. The summed E-state index contributed by atoms with van der Waals surface area (Å²) in [6.45, 7) is 6.09. The van der Waals surface area contributed by atoms with Crippen molar-refractivity contribution in [3.05, 3.63) is 23.5 Å². The highest BCUT2D eigenvalue weighted by Gasteiger charge is 2.32. The van der Waals surface area contributed by atoms with E-state index in [0.717, 1.165) is 11.4 Å². The summed E-state index contributed by atoms with van der Waals surface area (Å²) < 4.78 is 0. The number of piperidine rings is 1. The van der Waals surface area contributed by atoms with Gasteiger partial charge in [0.25, 0.3) is 0 Å². The number of aliphatic carboxylic acids is 1. The van der Waals surface area contributed by atoms with Crippen LogP contribution in [-0.2, 0) is 4.79 Å². The molecule has 1 saturated heterocycles. The van der Waals surface area contributed by atoms with Crippen LogP contribution in [0, 0.1) is 19.8 Å². The number of nitrogens with one attached hydrogen (secondary N) is 1. The van der Waals surface area contributed by atoms with Gasteiger partial charge in [0.05, 0.1) is 17.3 Å². The van der Waals surface area contributed by atoms with Gasteiger partial charge in [-0.25, -0.2) is 4.79 Å². The number of aryl methyl sites for hydroxylation is 2. The van der Waals surface area contributed by atoms with E-state index in [2.05, 4.69) is 10.3 Å². The zero-order chi connectivity index (χ0) is 15.6. The molecule has 2 atom stereocenters. The van der Waals surface area contributed by atoms with Crippen LogP contribution >= 0.6 is 0 Å². The van der Waals surface area contributed by atoms with E-state index in [1.807, 2.05) is 32.9 Å². The largest absolute Gasteiger partial charge is 0.481 e. The van der Waals surface area contributed by atoms with Gasteiger partial charge in [0.2, 0.25) is 0 Å². The van der Waals surface area contributed by atoms with Crippen molar-refractivity contribution in [3.8, 4) is 0 Å². The first-order valence-corrected chi connectivity index (χ1v) is 7.13. The Morgan fingerprint density at radius 2 is 2.10 bits per heavy atom. The minimum atomic E-state index is -0.777. The lowest BCUT2D eigenvalue weighted by atomic mass is 9.92. The van der Waals surface area contributed by atoms with Gasteiger partial charge in [-0.2, -0.15) is 0 Å². The summed E-state index contributed by atoms with van der Waals surface area (Å²) in [5.41, 5.74) is 2.37. The van der Waals surface area contributed by atoms with Crippen molar-refractivity contribution in [2.75, 3.05) is 11.9 Å². The smallest absolute Gasteiger partial charge is 0.322 e. The van der Waals surface area contributed by atoms with Gasteiger partial charge in [-0.15, -0.1) is 0 Å². The van der Waals surface area contributed by atoms with E-state index < -0.39 is 5.97 Å². The molecule has 0 aliphatic carbocycles. The van der Waals surface area contributed by atoms with E-state index in [9.17, 15) is 9.59 Å². The molecule has 1 aromatic heterocycles. The number of rotatable bonds is 2. The fourth-order valence-corrected chi connectivity index (χ4v) is 2.70. The Morgan fingerprint density at radius 3 is 2.67 bits per heavy atom. The first kappa shape index (κ1) is 15.3. The molecule has 0 bridgehead atoms. The van der Waals surface area contributed by atoms with Gasteiger partial charge in [0, 0.05) is 18.3 Å². The second-order valence-corrected chi connectivity index (χ2v) is 5.62. The molecule has 2 unspecified atom stereocenters. The minimum Gasteiger partial charge on any atom is -0.481 e. The zero-order valence-electron chi connectivity index (χ0n) is 12.6. The predicted octanol–water partition coefficient (Wildman–Crippen LogP) is 2.42. The molecule has 2 rings (SSSR count). The first-order valence-electron chi connectivity index (χ1n) is 7.13. The van der Waals surface area contributed by atoms with E-state index in [-0.39, 0.29) is 18.0 Å². The molecule has 0 radical (unpaired) electrons. The summed E-state index contributed by atoms with van der Waals surface area (Å²) in [6.07, 6.45) is 0.992. The lowest BCUT2D eigenvalue weighted by Crippen LogP contribution is -2.47. The van der Waals surface area contributed by atoms with Gasteiger partial charge in [-0.05, 0) is 45.7 Å². The van der Waals surface area contributed by atoms with Gasteiger partial charge >= 0.3 is 12.0 Å². The third-order valence-corrected chi connectivity index (χ3v) is 3.95. The molecule has 2 amide bonds. The quantitative estimate of drug-likeness (QED) is 0.876. The molecule has 2 N–H and O–H groups in total. The second-order valence-electron chi connectivity index (χ2n) is 5.62. The standard InChI is InChI=1S/C15H21N3O3/c1-9-4-5-13(11(3)16-9)17-15(21)18-7-6-12(14(19)20)8-10(18)2/h4-5,10,12H,6-8H2,1-3H3,(H,17,21)(H,19,20). The second kappa shape index (κ2) is 6.11. The number of urea groups is 1. The number of carboxylic acids is 1.